The largest absolute Gasteiger partial charge is 0.477 e. The Bertz CT molecular complexity index is 698. The quantitative estimate of drug-likeness (QED) is 0.819. The first-order chi connectivity index (χ1) is 12.2. The fourth-order valence-corrected chi connectivity index (χ4v) is 2.91. The monoisotopic (exact) mass is 360 g/mol. The molecule has 0 radical (unpaired) electrons. The van der Waals surface area contributed by atoms with E-state index in [1.807, 2.05) is 48.2 Å². The third kappa shape index (κ3) is 4.60. The molecule has 6 nitrogen and oxygen atoms in total. The predicted molar refractivity (Wildman–Crippen MR) is 97.2 cm³/mol. The average Bonchev–Trinajstić information content (AvgIpc) is 2.65. The van der Waals surface area contributed by atoms with Gasteiger partial charge in [0, 0.05) is 37.3 Å². The van der Waals surface area contributed by atoms with Gasteiger partial charge in [-0.3, -0.25) is 4.79 Å². The molecule has 1 fully saturated rings. The summed E-state index contributed by atoms with van der Waals surface area (Å²) >= 11 is 5.88. The van der Waals surface area contributed by atoms with E-state index in [9.17, 15) is 4.79 Å². The van der Waals surface area contributed by atoms with Crippen molar-refractivity contribution >= 4 is 23.3 Å². The number of halogens is 1. The molecule has 1 aromatic heterocycles. The molecule has 0 unspecified atom stereocenters. The molecule has 0 bridgehead atoms. The zero-order chi connectivity index (χ0) is 17.6. The van der Waals surface area contributed by atoms with Gasteiger partial charge in [0.15, 0.2) is 5.82 Å². The van der Waals surface area contributed by atoms with Crippen LogP contribution < -0.4 is 9.64 Å². The lowest BCUT2D eigenvalue weighted by Gasteiger charge is -2.35. The van der Waals surface area contributed by atoms with Crippen LogP contribution in [0.5, 0.6) is 5.88 Å². The summed E-state index contributed by atoms with van der Waals surface area (Å²) in [6, 6.07) is 11.1. The van der Waals surface area contributed by atoms with Gasteiger partial charge in [-0.25, -0.2) is 0 Å². The number of piperazine rings is 1. The van der Waals surface area contributed by atoms with Crippen LogP contribution in [-0.4, -0.2) is 53.8 Å². The molecule has 1 saturated heterocycles. The Morgan fingerprint density at radius 1 is 1.08 bits per heavy atom. The van der Waals surface area contributed by atoms with E-state index < -0.39 is 0 Å². The highest BCUT2D eigenvalue weighted by Crippen LogP contribution is 2.16. The van der Waals surface area contributed by atoms with E-state index in [-0.39, 0.29) is 5.91 Å². The summed E-state index contributed by atoms with van der Waals surface area (Å²) in [4.78, 5) is 16.5. The predicted octanol–water partition coefficient (Wildman–Crippen LogP) is 2.42. The van der Waals surface area contributed by atoms with E-state index in [1.54, 1.807) is 0 Å². The third-order valence-corrected chi connectivity index (χ3v) is 4.40. The van der Waals surface area contributed by atoms with Crippen molar-refractivity contribution in [3.8, 4) is 5.88 Å². The smallest absolute Gasteiger partial charge is 0.233 e. The van der Waals surface area contributed by atoms with E-state index in [2.05, 4.69) is 15.1 Å². The van der Waals surface area contributed by atoms with Crippen molar-refractivity contribution < 1.29 is 9.53 Å². The SMILES string of the molecule is CCOc1ccc(N2CCN(C(=O)Cc3ccc(Cl)cc3)CC2)nn1. The zero-order valence-corrected chi connectivity index (χ0v) is 14.9. The highest BCUT2D eigenvalue weighted by Gasteiger charge is 2.22. The molecule has 2 heterocycles. The number of hydrogen-bond donors (Lipinski definition) is 0. The highest BCUT2D eigenvalue weighted by molar-refractivity contribution is 6.30. The van der Waals surface area contributed by atoms with Crippen molar-refractivity contribution in [3.05, 3.63) is 47.0 Å². The van der Waals surface area contributed by atoms with Crippen molar-refractivity contribution in [3.63, 3.8) is 0 Å². The fourth-order valence-electron chi connectivity index (χ4n) is 2.78. The van der Waals surface area contributed by atoms with Gasteiger partial charge in [-0.1, -0.05) is 23.7 Å². The maximum atomic E-state index is 12.4. The standard InChI is InChI=1S/C18H21ClN4O2/c1-2-25-17-8-7-16(20-21-17)22-9-11-23(12-10-22)18(24)13-14-3-5-15(19)6-4-14/h3-8H,2,9-13H2,1H3. The topological polar surface area (TPSA) is 58.6 Å². The van der Waals surface area contributed by atoms with E-state index in [4.69, 9.17) is 16.3 Å². The summed E-state index contributed by atoms with van der Waals surface area (Å²) in [5, 5.41) is 8.94. The van der Waals surface area contributed by atoms with Crippen LogP contribution in [0.2, 0.25) is 5.02 Å². The molecule has 1 aliphatic rings. The molecule has 0 aliphatic carbocycles. The van der Waals surface area contributed by atoms with E-state index in [0.717, 1.165) is 24.5 Å². The van der Waals surface area contributed by atoms with Crippen molar-refractivity contribution in [2.24, 2.45) is 0 Å². The molecule has 0 N–H and O–H groups in total. The Hall–Kier alpha value is -2.34. The third-order valence-electron chi connectivity index (χ3n) is 4.14. The summed E-state index contributed by atoms with van der Waals surface area (Å²) < 4.78 is 5.31. The van der Waals surface area contributed by atoms with Gasteiger partial charge in [-0.05, 0) is 30.7 Å². The van der Waals surface area contributed by atoms with Crippen LogP contribution in [0.15, 0.2) is 36.4 Å². The molecule has 3 rings (SSSR count). The fraction of sp³-hybridized carbons (Fsp3) is 0.389. The molecule has 0 atom stereocenters. The Kier molecular flexibility index (Phi) is 5.71. The minimum atomic E-state index is 0.139. The summed E-state index contributed by atoms with van der Waals surface area (Å²) in [6.07, 6.45) is 0.403. The van der Waals surface area contributed by atoms with Gasteiger partial charge in [0.1, 0.15) is 0 Å². The summed E-state index contributed by atoms with van der Waals surface area (Å²) in [5.41, 5.74) is 0.981. The number of aromatic nitrogens is 2. The molecule has 25 heavy (non-hydrogen) atoms. The van der Waals surface area contributed by atoms with Crippen molar-refractivity contribution in [2.45, 2.75) is 13.3 Å². The number of carbonyl (C=O) groups is 1. The molecule has 0 saturated carbocycles. The second-order valence-corrected chi connectivity index (χ2v) is 6.27. The van der Waals surface area contributed by atoms with Crippen molar-refractivity contribution in [1.29, 1.82) is 0 Å². The van der Waals surface area contributed by atoms with Gasteiger partial charge >= 0.3 is 0 Å². The van der Waals surface area contributed by atoms with E-state index in [0.29, 0.717) is 37.0 Å². The number of rotatable bonds is 5. The molecule has 0 spiro atoms. The van der Waals surface area contributed by atoms with Gasteiger partial charge in [-0.15, -0.1) is 10.2 Å². The first-order valence-corrected chi connectivity index (χ1v) is 8.77. The lowest BCUT2D eigenvalue weighted by molar-refractivity contribution is -0.130. The number of nitrogens with zero attached hydrogens (tertiary/aromatic N) is 4. The minimum absolute atomic E-state index is 0.139. The van der Waals surface area contributed by atoms with Gasteiger partial charge in [0.25, 0.3) is 0 Å². The van der Waals surface area contributed by atoms with Crippen LogP contribution in [0.4, 0.5) is 5.82 Å². The summed E-state index contributed by atoms with van der Waals surface area (Å²) in [6.45, 7) is 5.34. The van der Waals surface area contributed by atoms with Gasteiger partial charge in [0.2, 0.25) is 11.8 Å². The van der Waals surface area contributed by atoms with Gasteiger partial charge in [0.05, 0.1) is 13.0 Å². The normalized spacial score (nSPS) is 14.5. The molecule has 1 amide bonds. The molecule has 132 valence electrons. The Labute approximate surface area is 152 Å². The van der Waals surface area contributed by atoms with Crippen LogP contribution >= 0.6 is 11.6 Å². The number of carbonyl (C=O) groups excluding carboxylic acids is 1. The maximum absolute atomic E-state index is 12.4. The lowest BCUT2D eigenvalue weighted by atomic mass is 10.1. The van der Waals surface area contributed by atoms with Crippen LogP contribution in [0.1, 0.15) is 12.5 Å². The van der Waals surface area contributed by atoms with Crippen LogP contribution in [0.25, 0.3) is 0 Å². The highest BCUT2D eigenvalue weighted by atomic mass is 35.5. The summed E-state index contributed by atoms with van der Waals surface area (Å²) in [5.74, 6) is 1.48. The Morgan fingerprint density at radius 2 is 1.80 bits per heavy atom. The molecule has 7 heteroatoms. The van der Waals surface area contributed by atoms with Crippen LogP contribution in [-0.2, 0) is 11.2 Å². The zero-order valence-electron chi connectivity index (χ0n) is 14.2. The van der Waals surface area contributed by atoms with Gasteiger partial charge in [-0.2, -0.15) is 0 Å². The Balaban J connectivity index is 1.52. The number of benzene rings is 1. The van der Waals surface area contributed by atoms with Crippen LogP contribution in [0.3, 0.4) is 0 Å². The minimum Gasteiger partial charge on any atom is -0.477 e. The molecule has 2 aromatic rings. The average molecular weight is 361 g/mol. The number of hydrogen-bond acceptors (Lipinski definition) is 5. The maximum Gasteiger partial charge on any atom is 0.233 e. The number of ether oxygens (including phenoxy) is 1. The second-order valence-electron chi connectivity index (χ2n) is 5.83. The first-order valence-electron chi connectivity index (χ1n) is 8.39. The van der Waals surface area contributed by atoms with Crippen molar-refractivity contribution in [2.75, 3.05) is 37.7 Å². The number of anilines is 1. The van der Waals surface area contributed by atoms with Crippen LogP contribution in [0, 0.1) is 0 Å². The molecule has 1 aromatic carbocycles. The Morgan fingerprint density at radius 3 is 2.40 bits per heavy atom. The summed E-state index contributed by atoms with van der Waals surface area (Å²) in [7, 11) is 0. The molecular formula is C18H21ClN4O2. The van der Waals surface area contributed by atoms with E-state index in [1.165, 1.54) is 0 Å². The lowest BCUT2D eigenvalue weighted by Crippen LogP contribution is -2.49. The number of amides is 1. The van der Waals surface area contributed by atoms with E-state index >= 15 is 0 Å². The molecule has 1 aliphatic heterocycles. The first kappa shape index (κ1) is 17.5. The molecular weight excluding hydrogens is 340 g/mol. The van der Waals surface area contributed by atoms with Gasteiger partial charge < -0.3 is 14.5 Å². The van der Waals surface area contributed by atoms with Crippen molar-refractivity contribution in [1.82, 2.24) is 15.1 Å². The second kappa shape index (κ2) is 8.16.